The lowest BCUT2D eigenvalue weighted by atomic mass is 9.87. The highest BCUT2D eigenvalue weighted by molar-refractivity contribution is 8.13. The fourth-order valence-electron chi connectivity index (χ4n) is 3.21. The summed E-state index contributed by atoms with van der Waals surface area (Å²) in [5.41, 5.74) is -1.33. The summed E-state index contributed by atoms with van der Waals surface area (Å²) in [5, 5.41) is 15.2. The zero-order valence-electron chi connectivity index (χ0n) is 22.5. The van der Waals surface area contributed by atoms with Crippen molar-refractivity contribution in [1.29, 1.82) is 0 Å². The number of phosphoric acid groups is 1. The minimum Gasteiger partial charge on any atom is -0.790 e. The molecule has 37 heavy (non-hydrogen) atoms. The predicted molar refractivity (Wildman–Crippen MR) is 142 cm³/mol. The summed E-state index contributed by atoms with van der Waals surface area (Å²) in [4.78, 5) is 57.1. The monoisotopic (exact) mass is 564 g/mol. The summed E-state index contributed by atoms with van der Waals surface area (Å²) in [6.45, 7) is 4.56. The third kappa shape index (κ3) is 21.4. The van der Waals surface area contributed by atoms with E-state index in [1.54, 1.807) is 0 Å². The average molecular weight is 565 g/mol. The maximum absolute atomic E-state index is 12.0. The van der Waals surface area contributed by atoms with E-state index in [1.807, 2.05) is 0 Å². The number of thioether (sulfide) groups is 1. The number of hydrogen-bond acceptors (Lipinski definition) is 9. The first-order valence-electron chi connectivity index (χ1n) is 13.1. The van der Waals surface area contributed by atoms with Gasteiger partial charge in [-0.25, -0.2) is 0 Å². The molecule has 0 aliphatic heterocycles. The van der Waals surface area contributed by atoms with Crippen LogP contribution in [0.1, 0.15) is 91.4 Å². The third-order valence-corrected chi connectivity index (χ3v) is 6.94. The summed E-state index contributed by atoms with van der Waals surface area (Å²) in [6, 6.07) is 0. The molecule has 10 nitrogen and oxygen atoms in total. The molecule has 0 unspecified atom stereocenters. The van der Waals surface area contributed by atoms with Gasteiger partial charge in [0.1, 0.15) is 6.10 Å². The Morgan fingerprint density at radius 2 is 1.59 bits per heavy atom. The van der Waals surface area contributed by atoms with Crippen molar-refractivity contribution in [3.05, 3.63) is 12.2 Å². The minimum absolute atomic E-state index is 0.0289. The van der Waals surface area contributed by atoms with Crippen LogP contribution >= 0.6 is 19.6 Å². The van der Waals surface area contributed by atoms with Crippen molar-refractivity contribution < 1.29 is 38.4 Å². The van der Waals surface area contributed by atoms with Gasteiger partial charge in [0.15, 0.2) is 5.12 Å². The smallest absolute Gasteiger partial charge is 0.249 e. The van der Waals surface area contributed by atoms with Crippen LogP contribution < -0.4 is 20.4 Å². The minimum atomic E-state index is -5.22. The van der Waals surface area contributed by atoms with Crippen LogP contribution in [0, 0.1) is 5.41 Å². The molecule has 0 heterocycles. The van der Waals surface area contributed by atoms with Gasteiger partial charge in [0.25, 0.3) is 0 Å². The number of allylic oxidation sites excluding steroid dienone is 2. The Balaban J connectivity index is 3.79. The van der Waals surface area contributed by atoms with E-state index in [1.165, 1.54) is 57.7 Å². The number of aliphatic hydroxyl groups excluding tert-OH is 1. The van der Waals surface area contributed by atoms with Crippen molar-refractivity contribution in [2.75, 3.05) is 25.4 Å². The maximum atomic E-state index is 12.0. The lowest BCUT2D eigenvalue weighted by molar-refractivity contribution is -0.343. The lowest BCUT2D eigenvalue weighted by Crippen LogP contribution is -2.46. The third-order valence-electron chi connectivity index (χ3n) is 5.56. The molecule has 2 amide bonds. The summed E-state index contributed by atoms with van der Waals surface area (Å²) in [7, 11) is -5.22. The number of rotatable bonds is 22. The molecular weight excluding hydrogens is 519 g/mol. The van der Waals surface area contributed by atoms with Gasteiger partial charge < -0.3 is 34.6 Å². The first kappa shape index (κ1) is 35.8. The molecule has 12 heteroatoms. The van der Waals surface area contributed by atoms with Gasteiger partial charge >= 0.3 is 0 Å². The number of amides is 2. The van der Waals surface area contributed by atoms with Gasteiger partial charge in [0.05, 0.1) is 14.4 Å². The molecule has 0 saturated heterocycles. The zero-order valence-corrected chi connectivity index (χ0v) is 24.2. The van der Waals surface area contributed by atoms with Crippen LogP contribution in [0.25, 0.3) is 0 Å². The molecule has 0 radical (unpaired) electrons. The topological polar surface area (TPSA) is 168 Å². The van der Waals surface area contributed by atoms with Crippen LogP contribution in [0.15, 0.2) is 12.2 Å². The van der Waals surface area contributed by atoms with Gasteiger partial charge in [0, 0.05) is 37.1 Å². The highest BCUT2D eigenvalue weighted by atomic mass is 32.2. The zero-order chi connectivity index (χ0) is 28.2. The van der Waals surface area contributed by atoms with Crippen LogP contribution in [-0.4, -0.2) is 53.6 Å². The van der Waals surface area contributed by atoms with Gasteiger partial charge in [-0.3, -0.25) is 14.4 Å². The Bertz CT molecular complexity index is 742. The molecule has 0 bridgehead atoms. The highest BCUT2D eigenvalue weighted by Gasteiger charge is 2.34. The second-order valence-electron chi connectivity index (χ2n) is 9.64. The largest absolute Gasteiger partial charge is 0.790 e. The van der Waals surface area contributed by atoms with E-state index in [2.05, 4.69) is 34.2 Å². The number of aliphatic hydroxyl groups is 1. The van der Waals surface area contributed by atoms with E-state index in [4.69, 9.17) is 0 Å². The van der Waals surface area contributed by atoms with Crippen LogP contribution in [-0.2, 0) is 23.5 Å². The number of unbranched alkanes of at least 4 members (excludes halogenated alkanes) is 7. The van der Waals surface area contributed by atoms with Crippen molar-refractivity contribution in [3.63, 3.8) is 0 Å². The molecule has 0 aromatic carbocycles. The summed E-state index contributed by atoms with van der Waals surface area (Å²) in [5.74, 6) is -0.657. The first-order chi connectivity index (χ1) is 17.4. The molecule has 3 N–H and O–H groups in total. The van der Waals surface area contributed by atoms with Crippen molar-refractivity contribution >= 4 is 36.5 Å². The van der Waals surface area contributed by atoms with Crippen molar-refractivity contribution in [3.8, 4) is 0 Å². The van der Waals surface area contributed by atoms with Gasteiger partial charge in [-0.2, -0.15) is 0 Å². The number of nitrogens with one attached hydrogen (secondary N) is 2. The van der Waals surface area contributed by atoms with E-state index in [9.17, 15) is 33.8 Å². The van der Waals surface area contributed by atoms with Gasteiger partial charge in [-0.05, 0) is 25.7 Å². The summed E-state index contributed by atoms with van der Waals surface area (Å²) >= 11 is 1.20. The number of carbonyl (C=O) groups excluding carboxylic acids is 3. The molecule has 1 atom stereocenters. The Kier molecular flexibility index (Phi) is 20.0. The quantitative estimate of drug-likeness (QED) is 0.102. The molecule has 0 aliphatic rings. The molecule has 216 valence electrons. The molecule has 0 aromatic heterocycles. The van der Waals surface area contributed by atoms with E-state index in [0.717, 1.165) is 25.7 Å². The second-order valence-corrected chi connectivity index (χ2v) is 11.9. The van der Waals surface area contributed by atoms with E-state index < -0.39 is 31.9 Å². The maximum Gasteiger partial charge on any atom is 0.249 e. The van der Waals surface area contributed by atoms with E-state index >= 15 is 0 Å². The molecule has 0 saturated carbocycles. The SMILES string of the molecule is CCCC/C=C\CCCCCCCC(=O)SCCNC(=O)CCNC(=O)[C@H](O)C(C)(C)COP(=O)([O-])[O-]. The highest BCUT2D eigenvalue weighted by Crippen LogP contribution is 2.31. The fraction of sp³-hybridized carbons (Fsp3) is 0.800. The molecule has 0 aliphatic carbocycles. The van der Waals surface area contributed by atoms with Crippen LogP contribution in [0.2, 0.25) is 0 Å². The van der Waals surface area contributed by atoms with Crippen LogP contribution in [0.4, 0.5) is 0 Å². The van der Waals surface area contributed by atoms with Gasteiger partial charge in [0.2, 0.25) is 11.8 Å². The van der Waals surface area contributed by atoms with E-state index in [0.29, 0.717) is 18.7 Å². The molecule has 0 fully saturated rings. The number of hydrogen-bond donors (Lipinski definition) is 3. The Morgan fingerprint density at radius 1 is 0.973 bits per heavy atom. The Labute approximate surface area is 226 Å². The fourth-order valence-corrected chi connectivity index (χ4v) is 4.42. The first-order valence-corrected chi connectivity index (χ1v) is 15.5. The molecular formula is C25H45N2O8PS-2. The Morgan fingerprint density at radius 3 is 2.24 bits per heavy atom. The number of phosphoric ester groups is 1. The normalized spacial score (nSPS) is 13.0. The second kappa shape index (κ2) is 20.7. The average Bonchev–Trinajstić information content (AvgIpc) is 2.83. The Hall–Kier alpha value is -1.23. The molecule has 0 rings (SSSR count). The van der Waals surface area contributed by atoms with Gasteiger partial charge in [-0.1, -0.05) is 76.8 Å². The predicted octanol–water partition coefficient (Wildman–Crippen LogP) is 2.58. The van der Waals surface area contributed by atoms with Crippen molar-refractivity contribution in [2.45, 2.75) is 97.5 Å². The lowest BCUT2D eigenvalue weighted by Gasteiger charge is -2.35. The molecule has 0 aromatic rings. The number of carbonyl (C=O) groups is 3. The van der Waals surface area contributed by atoms with Crippen LogP contribution in [0.5, 0.6) is 0 Å². The standard InChI is InChI=1S/C25H47N2O8PS/c1-4-5-6-7-8-9-10-11-12-13-14-15-22(29)37-19-18-26-21(28)16-17-27-24(31)23(30)25(2,3)20-35-36(32,33)34/h7-8,23,30H,4-6,9-20H2,1-3H3,(H,26,28)(H,27,31)(H2,32,33,34)/p-2/b8-7-/t23-/m0/s1. The van der Waals surface area contributed by atoms with E-state index in [-0.39, 0.29) is 24.0 Å². The molecule has 0 spiro atoms. The van der Waals surface area contributed by atoms with Gasteiger partial charge in [-0.15, -0.1) is 0 Å². The summed E-state index contributed by atoms with van der Waals surface area (Å²) in [6.07, 6.45) is 13.6. The van der Waals surface area contributed by atoms with Crippen molar-refractivity contribution in [1.82, 2.24) is 10.6 Å². The van der Waals surface area contributed by atoms with Crippen molar-refractivity contribution in [2.24, 2.45) is 5.41 Å². The summed E-state index contributed by atoms with van der Waals surface area (Å²) < 4.78 is 14.7. The van der Waals surface area contributed by atoms with Crippen LogP contribution in [0.3, 0.4) is 0 Å².